The third-order valence-corrected chi connectivity index (χ3v) is 2.82. The van der Waals surface area contributed by atoms with E-state index >= 15 is 0 Å². The zero-order chi connectivity index (χ0) is 11.8. The summed E-state index contributed by atoms with van der Waals surface area (Å²) < 4.78 is 21.1. The van der Waals surface area contributed by atoms with E-state index in [4.69, 9.17) is 4.74 Å². The summed E-state index contributed by atoms with van der Waals surface area (Å²) in [4.78, 5) is 4.31. The smallest absolute Gasteiger partial charge is 0.161 e. The molecule has 88 valence electrons. The van der Waals surface area contributed by atoms with E-state index in [9.17, 15) is 4.39 Å². The van der Waals surface area contributed by atoms with Crippen molar-refractivity contribution in [1.29, 1.82) is 0 Å². The minimum atomic E-state index is -0.453. The van der Waals surface area contributed by atoms with Gasteiger partial charge in [0.05, 0.1) is 13.2 Å². The first-order valence-corrected chi connectivity index (χ1v) is 5.53. The average molecular weight is 233 g/mol. The number of fused-ring (bicyclic) bond motifs is 1. The summed E-state index contributed by atoms with van der Waals surface area (Å²) in [6, 6.07) is 6.61. The molecule has 0 fully saturated rings. The van der Waals surface area contributed by atoms with Gasteiger partial charge in [0.15, 0.2) is 5.82 Å². The Hall–Kier alpha value is -1.75. The molecule has 0 bridgehead atoms. The van der Waals surface area contributed by atoms with Crippen LogP contribution in [0, 0.1) is 12.7 Å². The first-order chi connectivity index (χ1) is 8.25. The van der Waals surface area contributed by atoms with Crippen LogP contribution in [-0.2, 0) is 11.3 Å². The van der Waals surface area contributed by atoms with Gasteiger partial charge in [-0.25, -0.2) is 14.1 Å². The Labute approximate surface area is 98.0 Å². The highest BCUT2D eigenvalue weighted by Gasteiger charge is 2.27. The summed E-state index contributed by atoms with van der Waals surface area (Å²) in [6.07, 6.45) is -0.453. The first kappa shape index (κ1) is 10.4. The van der Waals surface area contributed by atoms with Crippen molar-refractivity contribution in [3.8, 4) is 0 Å². The van der Waals surface area contributed by atoms with E-state index in [1.165, 1.54) is 6.07 Å². The van der Waals surface area contributed by atoms with Gasteiger partial charge in [0, 0.05) is 5.56 Å². The van der Waals surface area contributed by atoms with Gasteiger partial charge in [-0.05, 0) is 13.0 Å². The van der Waals surface area contributed by atoms with Gasteiger partial charge >= 0.3 is 0 Å². The molecular formula is C12H12FN3O. The van der Waals surface area contributed by atoms with Crippen molar-refractivity contribution < 1.29 is 9.13 Å². The van der Waals surface area contributed by atoms with Gasteiger partial charge < -0.3 is 4.74 Å². The van der Waals surface area contributed by atoms with E-state index in [0.717, 1.165) is 0 Å². The van der Waals surface area contributed by atoms with Gasteiger partial charge in [0.25, 0.3) is 0 Å². The number of nitrogens with zero attached hydrogens (tertiary/aromatic N) is 3. The number of benzene rings is 1. The van der Waals surface area contributed by atoms with Gasteiger partial charge in [0.1, 0.15) is 17.7 Å². The standard InChI is InChI=1S/C12H12FN3O/c1-8-14-12-11(17-7-6-16(12)15-8)9-4-2-3-5-10(9)13/h2-5,11H,6-7H2,1H3. The molecule has 2 aromatic rings. The zero-order valence-electron chi connectivity index (χ0n) is 9.43. The fraction of sp³-hybridized carbons (Fsp3) is 0.333. The van der Waals surface area contributed by atoms with Crippen LogP contribution in [0.1, 0.15) is 23.3 Å². The molecule has 17 heavy (non-hydrogen) atoms. The van der Waals surface area contributed by atoms with Crippen LogP contribution in [0.4, 0.5) is 4.39 Å². The second-order valence-electron chi connectivity index (χ2n) is 4.01. The summed E-state index contributed by atoms with van der Waals surface area (Å²) >= 11 is 0. The highest BCUT2D eigenvalue weighted by atomic mass is 19.1. The molecule has 4 nitrogen and oxygen atoms in total. The van der Waals surface area contributed by atoms with E-state index in [1.807, 2.05) is 6.92 Å². The van der Waals surface area contributed by atoms with Crippen molar-refractivity contribution in [1.82, 2.24) is 14.8 Å². The fourth-order valence-electron chi connectivity index (χ4n) is 2.08. The molecule has 1 aliphatic rings. The lowest BCUT2D eigenvalue weighted by Crippen LogP contribution is -2.24. The Morgan fingerprint density at radius 3 is 3.06 bits per heavy atom. The van der Waals surface area contributed by atoms with Crippen LogP contribution in [0.2, 0.25) is 0 Å². The number of aromatic nitrogens is 3. The van der Waals surface area contributed by atoms with Crippen LogP contribution < -0.4 is 0 Å². The molecule has 5 heteroatoms. The molecule has 1 aromatic carbocycles. The molecule has 3 rings (SSSR count). The normalized spacial score (nSPS) is 19.1. The summed E-state index contributed by atoms with van der Waals surface area (Å²) in [5.41, 5.74) is 0.515. The van der Waals surface area contributed by atoms with Crippen LogP contribution in [0.15, 0.2) is 24.3 Å². The quantitative estimate of drug-likeness (QED) is 0.754. The van der Waals surface area contributed by atoms with E-state index in [1.54, 1.807) is 22.9 Å². The topological polar surface area (TPSA) is 39.9 Å². The third-order valence-electron chi connectivity index (χ3n) is 2.82. The van der Waals surface area contributed by atoms with Gasteiger partial charge in [-0.2, -0.15) is 5.10 Å². The molecule has 0 radical (unpaired) electrons. The Balaban J connectivity index is 2.09. The second-order valence-corrected chi connectivity index (χ2v) is 4.01. The minimum absolute atomic E-state index is 0.272. The summed E-state index contributed by atoms with van der Waals surface area (Å²) in [6.45, 7) is 3.01. The SMILES string of the molecule is Cc1nc2n(n1)CCOC2c1ccccc1F. The summed E-state index contributed by atoms with van der Waals surface area (Å²) in [7, 11) is 0. The van der Waals surface area contributed by atoms with Crippen LogP contribution in [0.5, 0.6) is 0 Å². The van der Waals surface area contributed by atoms with Crippen LogP contribution >= 0.6 is 0 Å². The number of hydrogen-bond donors (Lipinski definition) is 0. The Kier molecular flexibility index (Phi) is 2.40. The Morgan fingerprint density at radius 1 is 1.41 bits per heavy atom. The second kappa shape index (κ2) is 3.92. The predicted octanol–water partition coefficient (Wildman–Crippen LogP) is 1.85. The highest BCUT2D eigenvalue weighted by molar-refractivity contribution is 5.25. The lowest BCUT2D eigenvalue weighted by atomic mass is 10.1. The van der Waals surface area contributed by atoms with Crippen molar-refractivity contribution in [2.45, 2.75) is 19.6 Å². The number of rotatable bonds is 1. The van der Waals surface area contributed by atoms with E-state index < -0.39 is 6.10 Å². The first-order valence-electron chi connectivity index (χ1n) is 5.53. The molecule has 0 spiro atoms. The highest BCUT2D eigenvalue weighted by Crippen LogP contribution is 2.29. The monoisotopic (exact) mass is 233 g/mol. The van der Waals surface area contributed by atoms with E-state index in [2.05, 4.69) is 10.1 Å². The largest absolute Gasteiger partial charge is 0.363 e. The molecule has 0 N–H and O–H groups in total. The molecule has 1 aliphatic heterocycles. The van der Waals surface area contributed by atoms with Crippen LogP contribution in [0.3, 0.4) is 0 Å². The van der Waals surface area contributed by atoms with Crippen molar-refractivity contribution in [3.63, 3.8) is 0 Å². The van der Waals surface area contributed by atoms with Gasteiger partial charge in [0.2, 0.25) is 0 Å². The number of aryl methyl sites for hydroxylation is 1. The molecule has 0 saturated carbocycles. The lowest BCUT2D eigenvalue weighted by Gasteiger charge is -2.23. The average Bonchev–Trinajstić information content (AvgIpc) is 2.70. The Morgan fingerprint density at radius 2 is 2.24 bits per heavy atom. The molecule has 1 atom stereocenters. The van der Waals surface area contributed by atoms with Gasteiger partial charge in [-0.1, -0.05) is 18.2 Å². The molecule has 0 aliphatic carbocycles. The maximum Gasteiger partial charge on any atom is 0.161 e. The van der Waals surface area contributed by atoms with Crippen molar-refractivity contribution in [2.75, 3.05) is 6.61 Å². The van der Waals surface area contributed by atoms with Gasteiger partial charge in [-0.3, -0.25) is 0 Å². The van der Waals surface area contributed by atoms with Crippen LogP contribution in [-0.4, -0.2) is 21.4 Å². The molecule has 2 heterocycles. The molecule has 0 amide bonds. The van der Waals surface area contributed by atoms with E-state index in [-0.39, 0.29) is 5.82 Å². The molecular weight excluding hydrogens is 221 g/mol. The molecule has 1 aromatic heterocycles. The summed E-state index contributed by atoms with van der Waals surface area (Å²) in [5, 5.41) is 4.26. The number of hydrogen-bond acceptors (Lipinski definition) is 3. The molecule has 1 unspecified atom stereocenters. The number of ether oxygens (including phenoxy) is 1. The van der Waals surface area contributed by atoms with Gasteiger partial charge in [-0.15, -0.1) is 0 Å². The Bertz CT molecular complexity index is 552. The fourth-order valence-corrected chi connectivity index (χ4v) is 2.08. The maximum absolute atomic E-state index is 13.7. The number of halogens is 1. The van der Waals surface area contributed by atoms with Crippen molar-refractivity contribution in [3.05, 3.63) is 47.3 Å². The van der Waals surface area contributed by atoms with Crippen LogP contribution in [0.25, 0.3) is 0 Å². The van der Waals surface area contributed by atoms with Crippen molar-refractivity contribution in [2.24, 2.45) is 0 Å². The molecule has 0 saturated heterocycles. The lowest BCUT2D eigenvalue weighted by molar-refractivity contribution is 0.0369. The predicted molar refractivity (Wildman–Crippen MR) is 59.0 cm³/mol. The van der Waals surface area contributed by atoms with Crippen molar-refractivity contribution >= 4 is 0 Å². The maximum atomic E-state index is 13.7. The summed E-state index contributed by atoms with van der Waals surface area (Å²) in [5.74, 6) is 1.09. The third kappa shape index (κ3) is 1.72. The zero-order valence-corrected chi connectivity index (χ0v) is 9.43. The minimum Gasteiger partial charge on any atom is -0.363 e. The van der Waals surface area contributed by atoms with E-state index in [0.29, 0.717) is 30.4 Å².